The molecule has 4 rings (SSSR count). The van der Waals surface area contributed by atoms with E-state index in [1.807, 2.05) is 18.3 Å². The fourth-order valence-electron chi connectivity index (χ4n) is 2.93. The van der Waals surface area contributed by atoms with Crippen LogP contribution in [0.15, 0.2) is 36.8 Å². The monoisotopic (exact) mass is 294 g/mol. The number of pyridine rings is 1. The molecule has 0 spiro atoms. The second kappa shape index (κ2) is 5.38. The second-order valence-electron chi connectivity index (χ2n) is 5.63. The number of imidazole rings is 1. The van der Waals surface area contributed by atoms with Gasteiger partial charge in [-0.15, -0.1) is 0 Å². The summed E-state index contributed by atoms with van der Waals surface area (Å²) < 4.78 is 2.10. The van der Waals surface area contributed by atoms with Crippen molar-refractivity contribution in [2.45, 2.75) is 19.4 Å². The van der Waals surface area contributed by atoms with Crippen LogP contribution in [0.2, 0.25) is 0 Å². The molecule has 0 bridgehead atoms. The van der Waals surface area contributed by atoms with E-state index in [-0.39, 0.29) is 0 Å². The molecule has 0 saturated carbocycles. The Labute approximate surface area is 128 Å². The highest BCUT2D eigenvalue weighted by Gasteiger charge is 2.15. The summed E-state index contributed by atoms with van der Waals surface area (Å²) in [6, 6.07) is 6.50. The first kappa shape index (κ1) is 13.2. The summed E-state index contributed by atoms with van der Waals surface area (Å²) in [6.45, 7) is 4.09. The predicted molar refractivity (Wildman–Crippen MR) is 85.9 cm³/mol. The molecular weight excluding hydrogens is 276 g/mol. The van der Waals surface area contributed by atoms with E-state index in [9.17, 15) is 0 Å². The average Bonchev–Trinajstić information content (AvgIpc) is 3.17. The van der Waals surface area contributed by atoms with Gasteiger partial charge in [-0.05, 0) is 32.0 Å². The van der Waals surface area contributed by atoms with Gasteiger partial charge in [0, 0.05) is 18.3 Å². The van der Waals surface area contributed by atoms with Gasteiger partial charge in [-0.25, -0.2) is 9.97 Å². The minimum atomic E-state index is 0.425. The van der Waals surface area contributed by atoms with E-state index < -0.39 is 0 Å². The first-order valence-electron chi connectivity index (χ1n) is 7.54. The number of fused-ring (bicyclic) bond motifs is 1. The first-order valence-corrected chi connectivity index (χ1v) is 7.54. The molecule has 3 aromatic rings. The van der Waals surface area contributed by atoms with Gasteiger partial charge in [-0.1, -0.05) is 6.07 Å². The van der Waals surface area contributed by atoms with Gasteiger partial charge in [-0.2, -0.15) is 0 Å². The molecule has 1 aliphatic heterocycles. The SMILES string of the molecule is Cc1cccc2ncc(-c3cncc(N[C@@H]4CCNC4)n3)n12. The van der Waals surface area contributed by atoms with E-state index in [0.717, 1.165) is 48.1 Å². The molecule has 3 aromatic heterocycles. The highest BCUT2D eigenvalue weighted by Crippen LogP contribution is 2.21. The summed E-state index contributed by atoms with van der Waals surface area (Å²) in [4.78, 5) is 13.5. The van der Waals surface area contributed by atoms with Crippen molar-refractivity contribution >= 4 is 11.5 Å². The maximum atomic E-state index is 4.71. The van der Waals surface area contributed by atoms with Crippen molar-refractivity contribution in [2.24, 2.45) is 0 Å². The lowest BCUT2D eigenvalue weighted by molar-refractivity contribution is 0.786. The van der Waals surface area contributed by atoms with Crippen LogP contribution in [0.25, 0.3) is 17.0 Å². The van der Waals surface area contributed by atoms with Crippen molar-refractivity contribution in [3.63, 3.8) is 0 Å². The van der Waals surface area contributed by atoms with E-state index in [1.165, 1.54) is 0 Å². The lowest BCUT2D eigenvalue weighted by Crippen LogP contribution is -2.22. The van der Waals surface area contributed by atoms with Crippen molar-refractivity contribution in [2.75, 3.05) is 18.4 Å². The molecule has 6 nitrogen and oxygen atoms in total. The van der Waals surface area contributed by atoms with Gasteiger partial charge in [0.05, 0.1) is 24.3 Å². The van der Waals surface area contributed by atoms with E-state index in [4.69, 9.17) is 4.98 Å². The van der Waals surface area contributed by atoms with Gasteiger partial charge in [0.1, 0.15) is 17.2 Å². The van der Waals surface area contributed by atoms with E-state index in [1.54, 1.807) is 12.4 Å². The third-order valence-corrected chi connectivity index (χ3v) is 4.03. The average molecular weight is 294 g/mol. The minimum absolute atomic E-state index is 0.425. The lowest BCUT2D eigenvalue weighted by Gasteiger charge is -2.12. The number of nitrogens with one attached hydrogen (secondary N) is 2. The van der Waals surface area contributed by atoms with Crippen LogP contribution in [-0.2, 0) is 0 Å². The summed E-state index contributed by atoms with van der Waals surface area (Å²) in [6.07, 6.45) is 6.53. The molecule has 6 heteroatoms. The van der Waals surface area contributed by atoms with Crippen LogP contribution < -0.4 is 10.6 Å². The molecule has 1 atom stereocenters. The summed E-state index contributed by atoms with van der Waals surface area (Å²) in [5.41, 5.74) is 3.85. The van der Waals surface area contributed by atoms with Crippen molar-refractivity contribution < 1.29 is 0 Å². The van der Waals surface area contributed by atoms with Crippen molar-refractivity contribution in [3.05, 3.63) is 42.5 Å². The Balaban J connectivity index is 1.72. The molecule has 22 heavy (non-hydrogen) atoms. The maximum Gasteiger partial charge on any atom is 0.145 e. The number of aromatic nitrogens is 4. The maximum absolute atomic E-state index is 4.71. The Hall–Kier alpha value is -2.47. The number of anilines is 1. The standard InChI is InChI=1S/C16H18N6/c1-11-3-2-4-16-19-9-14(22(11)16)13-8-18-10-15(21-13)20-12-5-6-17-7-12/h2-4,8-10,12,17H,5-7H2,1H3,(H,20,21)/t12-/m1/s1. The highest BCUT2D eigenvalue weighted by molar-refractivity contribution is 5.61. The van der Waals surface area contributed by atoms with Gasteiger partial charge in [0.2, 0.25) is 0 Å². The molecule has 1 saturated heterocycles. The van der Waals surface area contributed by atoms with Crippen molar-refractivity contribution in [1.29, 1.82) is 0 Å². The van der Waals surface area contributed by atoms with Gasteiger partial charge < -0.3 is 10.6 Å². The molecule has 0 aromatic carbocycles. The molecule has 112 valence electrons. The molecule has 1 fully saturated rings. The smallest absolute Gasteiger partial charge is 0.145 e. The van der Waals surface area contributed by atoms with Gasteiger partial charge in [-0.3, -0.25) is 9.38 Å². The number of hydrogen-bond acceptors (Lipinski definition) is 5. The first-order chi connectivity index (χ1) is 10.8. The Bertz CT molecular complexity index is 803. The third kappa shape index (κ3) is 2.31. The molecule has 1 aliphatic rings. The van der Waals surface area contributed by atoms with Crippen molar-refractivity contribution in [1.82, 2.24) is 24.7 Å². The Morgan fingerprint density at radius 1 is 1.27 bits per heavy atom. The van der Waals surface area contributed by atoms with Crippen LogP contribution in [0.5, 0.6) is 0 Å². The fraction of sp³-hybridized carbons (Fsp3) is 0.312. The van der Waals surface area contributed by atoms with Crippen LogP contribution >= 0.6 is 0 Å². The van der Waals surface area contributed by atoms with E-state index in [2.05, 4.69) is 38.0 Å². The zero-order valence-corrected chi connectivity index (χ0v) is 12.5. The Morgan fingerprint density at radius 3 is 3.09 bits per heavy atom. The molecule has 4 heterocycles. The third-order valence-electron chi connectivity index (χ3n) is 4.03. The topological polar surface area (TPSA) is 67.1 Å². The summed E-state index contributed by atoms with van der Waals surface area (Å²) in [7, 11) is 0. The quantitative estimate of drug-likeness (QED) is 0.772. The highest BCUT2D eigenvalue weighted by atomic mass is 15.1. The molecular formula is C16H18N6. The predicted octanol–water partition coefficient (Wildman–Crippen LogP) is 1.87. The number of nitrogens with zero attached hydrogens (tertiary/aromatic N) is 4. The van der Waals surface area contributed by atoms with Crippen LogP contribution in [0.4, 0.5) is 5.82 Å². The molecule has 0 radical (unpaired) electrons. The second-order valence-corrected chi connectivity index (χ2v) is 5.63. The summed E-state index contributed by atoms with van der Waals surface area (Å²) in [5.74, 6) is 0.815. The number of hydrogen-bond donors (Lipinski definition) is 2. The zero-order valence-electron chi connectivity index (χ0n) is 12.5. The van der Waals surface area contributed by atoms with E-state index >= 15 is 0 Å². The summed E-state index contributed by atoms with van der Waals surface area (Å²) in [5, 5.41) is 6.78. The Morgan fingerprint density at radius 2 is 2.23 bits per heavy atom. The van der Waals surface area contributed by atoms with Gasteiger partial charge >= 0.3 is 0 Å². The summed E-state index contributed by atoms with van der Waals surface area (Å²) >= 11 is 0. The van der Waals surface area contributed by atoms with Gasteiger partial charge in [0.15, 0.2) is 0 Å². The zero-order chi connectivity index (χ0) is 14.9. The van der Waals surface area contributed by atoms with Crippen LogP contribution in [0.3, 0.4) is 0 Å². The molecule has 0 aliphatic carbocycles. The van der Waals surface area contributed by atoms with Crippen LogP contribution in [0, 0.1) is 6.92 Å². The lowest BCUT2D eigenvalue weighted by atomic mass is 10.2. The fourth-order valence-corrected chi connectivity index (χ4v) is 2.93. The molecule has 0 unspecified atom stereocenters. The molecule has 0 amide bonds. The van der Waals surface area contributed by atoms with E-state index in [0.29, 0.717) is 6.04 Å². The minimum Gasteiger partial charge on any atom is -0.365 e. The molecule has 2 N–H and O–H groups in total. The Kier molecular flexibility index (Phi) is 3.23. The normalized spacial score (nSPS) is 18.0. The van der Waals surface area contributed by atoms with Gasteiger partial charge in [0.25, 0.3) is 0 Å². The van der Waals surface area contributed by atoms with Crippen LogP contribution in [-0.4, -0.2) is 38.5 Å². The van der Waals surface area contributed by atoms with Crippen molar-refractivity contribution in [3.8, 4) is 11.4 Å². The van der Waals surface area contributed by atoms with Crippen LogP contribution in [0.1, 0.15) is 12.1 Å². The number of aryl methyl sites for hydroxylation is 1. The number of rotatable bonds is 3. The largest absolute Gasteiger partial charge is 0.365 e.